The number of hydrogen-bond acceptors (Lipinski definition) is 5. The van der Waals surface area contributed by atoms with Crippen molar-refractivity contribution in [3.8, 4) is 6.07 Å². The second-order valence-corrected chi connectivity index (χ2v) is 5.41. The molecule has 0 fully saturated rings. The zero-order chi connectivity index (χ0) is 12.8. The fraction of sp³-hybridized carbons (Fsp3) is 0.583. The molecule has 0 radical (unpaired) electrons. The summed E-state index contributed by atoms with van der Waals surface area (Å²) in [6, 6.07) is 4.49. The quantitative estimate of drug-likeness (QED) is 0.763. The minimum atomic E-state index is 0.569. The molecule has 0 atom stereocenters. The Morgan fingerprint density at radius 1 is 1.59 bits per heavy atom. The summed E-state index contributed by atoms with van der Waals surface area (Å²) < 4.78 is 0. The second-order valence-electron chi connectivity index (χ2n) is 4.36. The van der Waals surface area contributed by atoms with E-state index in [4.69, 9.17) is 11.0 Å². The number of nitrogens with two attached hydrogens (primary N) is 1. The molecule has 5 heteroatoms. The number of nitrogen functional groups attached to an aromatic ring is 1. The van der Waals surface area contributed by atoms with Gasteiger partial charge in [0.25, 0.3) is 0 Å². The van der Waals surface area contributed by atoms with Crippen molar-refractivity contribution in [3.63, 3.8) is 0 Å². The van der Waals surface area contributed by atoms with Crippen molar-refractivity contribution >= 4 is 22.0 Å². The van der Waals surface area contributed by atoms with E-state index in [9.17, 15) is 0 Å². The van der Waals surface area contributed by atoms with Gasteiger partial charge in [0.05, 0.1) is 10.7 Å². The van der Waals surface area contributed by atoms with Gasteiger partial charge in [-0.3, -0.25) is 0 Å². The first-order chi connectivity index (χ1) is 8.04. The minimum Gasteiger partial charge on any atom is -0.397 e. The van der Waals surface area contributed by atoms with Crippen LogP contribution >= 0.6 is 11.3 Å². The normalized spacial score (nSPS) is 10.8. The molecule has 0 aliphatic heterocycles. The lowest BCUT2D eigenvalue weighted by molar-refractivity contribution is 0.273. The van der Waals surface area contributed by atoms with Crippen molar-refractivity contribution in [3.05, 3.63) is 10.9 Å². The molecule has 4 nitrogen and oxygen atoms in total. The molecule has 3 N–H and O–H groups in total. The Balaban J connectivity index is 2.29. The van der Waals surface area contributed by atoms with E-state index in [2.05, 4.69) is 37.2 Å². The Morgan fingerprint density at radius 2 is 2.29 bits per heavy atom. The summed E-state index contributed by atoms with van der Waals surface area (Å²) in [6.45, 7) is 6.34. The lowest BCUT2D eigenvalue weighted by atomic mass is 10.3. The number of nitrogens with zero attached hydrogens (tertiary/aromatic N) is 2. The highest BCUT2D eigenvalue weighted by Gasteiger charge is 2.05. The molecule has 0 unspecified atom stereocenters. The number of hydrogen-bond donors (Lipinski definition) is 2. The molecule has 1 heterocycles. The summed E-state index contributed by atoms with van der Waals surface area (Å²) in [6.07, 6.45) is 1.08. The highest BCUT2D eigenvalue weighted by atomic mass is 32.1. The molecular weight excluding hydrogens is 232 g/mol. The average molecular weight is 252 g/mol. The number of rotatable bonds is 6. The van der Waals surface area contributed by atoms with Gasteiger partial charge >= 0.3 is 0 Å². The first-order valence-electron chi connectivity index (χ1n) is 5.78. The van der Waals surface area contributed by atoms with Crippen molar-refractivity contribution in [1.82, 2.24) is 4.90 Å². The van der Waals surface area contributed by atoms with Gasteiger partial charge in [0.1, 0.15) is 10.9 Å². The van der Waals surface area contributed by atoms with E-state index in [-0.39, 0.29) is 0 Å². The van der Waals surface area contributed by atoms with E-state index in [0.29, 0.717) is 16.6 Å². The van der Waals surface area contributed by atoms with Crippen LogP contribution in [0.25, 0.3) is 0 Å². The van der Waals surface area contributed by atoms with Crippen molar-refractivity contribution in [2.24, 2.45) is 0 Å². The maximum atomic E-state index is 8.78. The maximum absolute atomic E-state index is 8.78. The van der Waals surface area contributed by atoms with Gasteiger partial charge in [0.2, 0.25) is 0 Å². The van der Waals surface area contributed by atoms with Gasteiger partial charge in [-0.1, -0.05) is 0 Å². The van der Waals surface area contributed by atoms with Crippen LogP contribution in [0.1, 0.15) is 25.1 Å². The third-order valence-corrected chi connectivity index (χ3v) is 3.74. The van der Waals surface area contributed by atoms with E-state index in [1.54, 1.807) is 0 Å². The van der Waals surface area contributed by atoms with Crippen molar-refractivity contribution in [2.75, 3.05) is 31.2 Å². The van der Waals surface area contributed by atoms with Crippen LogP contribution in [-0.4, -0.2) is 31.1 Å². The molecule has 0 aliphatic carbocycles. The highest BCUT2D eigenvalue weighted by molar-refractivity contribution is 7.17. The fourth-order valence-corrected chi connectivity index (χ4v) is 2.18. The van der Waals surface area contributed by atoms with Crippen LogP contribution in [0.15, 0.2) is 6.07 Å². The van der Waals surface area contributed by atoms with Crippen molar-refractivity contribution in [1.29, 1.82) is 5.26 Å². The molecule has 1 aromatic rings. The van der Waals surface area contributed by atoms with Crippen molar-refractivity contribution in [2.45, 2.75) is 26.3 Å². The third-order valence-electron chi connectivity index (χ3n) is 2.73. The Morgan fingerprint density at radius 3 is 2.82 bits per heavy atom. The molecular formula is C12H20N4S. The van der Waals surface area contributed by atoms with Gasteiger partial charge in [0, 0.05) is 12.6 Å². The van der Waals surface area contributed by atoms with Crippen LogP contribution in [-0.2, 0) is 0 Å². The van der Waals surface area contributed by atoms with E-state index in [1.165, 1.54) is 11.3 Å². The lowest BCUT2D eigenvalue weighted by Crippen LogP contribution is -2.28. The smallest absolute Gasteiger partial charge is 0.129 e. The highest BCUT2D eigenvalue weighted by Crippen LogP contribution is 2.27. The van der Waals surface area contributed by atoms with Gasteiger partial charge in [-0.15, -0.1) is 11.3 Å². The Labute approximate surface area is 107 Å². The minimum absolute atomic E-state index is 0.569. The van der Waals surface area contributed by atoms with Gasteiger partial charge in [-0.25, -0.2) is 0 Å². The summed E-state index contributed by atoms with van der Waals surface area (Å²) in [5, 5.41) is 13.1. The monoisotopic (exact) mass is 252 g/mol. The summed E-state index contributed by atoms with van der Waals surface area (Å²) in [4.78, 5) is 2.90. The molecule has 0 aromatic carbocycles. The number of anilines is 2. The van der Waals surface area contributed by atoms with Crippen molar-refractivity contribution < 1.29 is 0 Å². The zero-order valence-electron chi connectivity index (χ0n) is 10.7. The van der Waals surface area contributed by atoms with Crippen LogP contribution in [0.3, 0.4) is 0 Å². The predicted octanol–water partition coefficient (Wildman–Crippen LogP) is 2.34. The number of thiophene rings is 1. The molecule has 0 spiro atoms. The van der Waals surface area contributed by atoms with Gasteiger partial charge < -0.3 is 16.0 Å². The third kappa shape index (κ3) is 4.25. The summed E-state index contributed by atoms with van der Waals surface area (Å²) in [7, 11) is 2.13. The standard InChI is InChI=1S/C12H20N4S/c1-9(2)16(3)6-4-5-15-12-7-10(14)11(8-13)17-12/h7,9,15H,4-6,14H2,1-3H3. The molecule has 0 bridgehead atoms. The Hall–Kier alpha value is -1.25. The van der Waals surface area contributed by atoms with E-state index in [0.717, 1.165) is 24.5 Å². The van der Waals surface area contributed by atoms with E-state index in [1.807, 2.05) is 6.07 Å². The van der Waals surface area contributed by atoms with E-state index < -0.39 is 0 Å². The molecule has 0 aliphatic rings. The molecule has 0 amide bonds. The number of nitriles is 1. The topological polar surface area (TPSA) is 65.1 Å². The van der Waals surface area contributed by atoms with Crippen LogP contribution in [0.2, 0.25) is 0 Å². The summed E-state index contributed by atoms with van der Waals surface area (Å²) in [5.74, 6) is 0. The second kappa shape index (κ2) is 6.48. The van der Waals surface area contributed by atoms with E-state index >= 15 is 0 Å². The van der Waals surface area contributed by atoms with Crippen LogP contribution in [0.4, 0.5) is 10.7 Å². The SMILES string of the molecule is CC(C)N(C)CCCNc1cc(N)c(C#N)s1. The Bertz CT molecular complexity index is 392. The first-order valence-corrected chi connectivity index (χ1v) is 6.59. The summed E-state index contributed by atoms with van der Waals surface area (Å²) in [5.41, 5.74) is 6.25. The number of nitrogens with one attached hydrogen (secondary N) is 1. The van der Waals surface area contributed by atoms with Crippen LogP contribution < -0.4 is 11.1 Å². The van der Waals surface area contributed by atoms with Crippen LogP contribution in [0.5, 0.6) is 0 Å². The van der Waals surface area contributed by atoms with Gasteiger partial charge in [0.15, 0.2) is 0 Å². The van der Waals surface area contributed by atoms with Gasteiger partial charge in [-0.05, 0) is 39.9 Å². The molecule has 0 saturated carbocycles. The predicted molar refractivity (Wildman–Crippen MR) is 74.3 cm³/mol. The summed E-state index contributed by atoms with van der Waals surface area (Å²) >= 11 is 1.41. The molecule has 17 heavy (non-hydrogen) atoms. The largest absolute Gasteiger partial charge is 0.397 e. The molecule has 1 aromatic heterocycles. The maximum Gasteiger partial charge on any atom is 0.129 e. The van der Waals surface area contributed by atoms with Crippen LogP contribution in [0, 0.1) is 11.3 Å². The fourth-order valence-electron chi connectivity index (χ4n) is 1.38. The first kappa shape index (κ1) is 13.8. The zero-order valence-corrected chi connectivity index (χ0v) is 11.5. The molecule has 94 valence electrons. The molecule has 0 saturated heterocycles. The average Bonchev–Trinajstić information content (AvgIpc) is 2.64. The van der Waals surface area contributed by atoms with Gasteiger partial charge in [-0.2, -0.15) is 5.26 Å². The Kier molecular flexibility index (Phi) is 5.26. The lowest BCUT2D eigenvalue weighted by Gasteiger charge is -2.20. The molecule has 1 rings (SSSR count).